The van der Waals surface area contributed by atoms with E-state index < -0.39 is 10.1 Å². The molecule has 0 bridgehead atoms. The molecule has 1 aromatic carbocycles. The van der Waals surface area contributed by atoms with Gasteiger partial charge in [0.05, 0.1) is 11.9 Å². The Kier molecular flexibility index (Phi) is 3.69. The minimum Gasteiger partial charge on any atom is -0.264 e. The molecule has 0 atom stereocenters. The van der Waals surface area contributed by atoms with Gasteiger partial charge in [-0.3, -0.25) is 4.18 Å². The summed E-state index contributed by atoms with van der Waals surface area (Å²) >= 11 is 0. The summed E-state index contributed by atoms with van der Waals surface area (Å²) < 4.78 is 26.5. The van der Waals surface area contributed by atoms with Crippen LogP contribution in [-0.2, 0) is 20.9 Å². The summed E-state index contributed by atoms with van der Waals surface area (Å²) in [6, 6.07) is 11.1. The van der Waals surface area contributed by atoms with Crippen LogP contribution in [0.25, 0.3) is 11.4 Å². The van der Waals surface area contributed by atoms with Gasteiger partial charge in [0.15, 0.2) is 5.82 Å². The van der Waals surface area contributed by atoms with Crippen LogP contribution >= 0.6 is 0 Å². The van der Waals surface area contributed by atoms with Gasteiger partial charge in [0.1, 0.15) is 6.61 Å². The van der Waals surface area contributed by atoms with Gasteiger partial charge in [-0.15, -0.1) is 0 Å². The maximum absolute atomic E-state index is 10.9. The fourth-order valence-electron chi connectivity index (χ4n) is 1.37. The van der Waals surface area contributed by atoms with Crippen molar-refractivity contribution in [1.82, 2.24) is 9.97 Å². The van der Waals surface area contributed by atoms with E-state index in [0.29, 0.717) is 11.5 Å². The van der Waals surface area contributed by atoms with Crippen molar-refractivity contribution in [3.63, 3.8) is 0 Å². The van der Waals surface area contributed by atoms with Gasteiger partial charge in [0.2, 0.25) is 0 Å². The van der Waals surface area contributed by atoms with Crippen LogP contribution in [0.2, 0.25) is 0 Å². The second kappa shape index (κ2) is 5.24. The topological polar surface area (TPSA) is 69.2 Å². The molecule has 1 heterocycles. The van der Waals surface area contributed by atoms with Gasteiger partial charge in [-0.2, -0.15) is 8.42 Å². The van der Waals surface area contributed by atoms with Crippen molar-refractivity contribution in [2.24, 2.45) is 0 Å². The van der Waals surface area contributed by atoms with E-state index in [2.05, 4.69) is 14.2 Å². The number of hydrogen-bond donors (Lipinski definition) is 0. The lowest BCUT2D eigenvalue weighted by atomic mass is 10.2. The van der Waals surface area contributed by atoms with Crippen molar-refractivity contribution in [2.75, 3.05) is 6.26 Å². The fourth-order valence-corrected chi connectivity index (χ4v) is 1.70. The monoisotopic (exact) mass is 264 g/mol. The van der Waals surface area contributed by atoms with Crippen LogP contribution in [0.4, 0.5) is 0 Å². The summed E-state index contributed by atoms with van der Waals surface area (Å²) in [5, 5.41) is 0. The smallest absolute Gasteiger partial charge is 0.264 e. The highest BCUT2D eigenvalue weighted by molar-refractivity contribution is 7.85. The fraction of sp³-hybridized carbons (Fsp3) is 0.167. The largest absolute Gasteiger partial charge is 0.264 e. The number of aromatic nitrogens is 2. The first kappa shape index (κ1) is 12.7. The minimum absolute atomic E-state index is 0.0822. The zero-order valence-electron chi connectivity index (χ0n) is 9.78. The van der Waals surface area contributed by atoms with Crippen LogP contribution in [-0.4, -0.2) is 24.6 Å². The molecule has 2 rings (SSSR count). The number of hydrogen-bond acceptors (Lipinski definition) is 5. The molecule has 0 aliphatic carbocycles. The maximum atomic E-state index is 10.9. The highest BCUT2D eigenvalue weighted by Gasteiger charge is 2.06. The van der Waals surface area contributed by atoms with Gasteiger partial charge >= 0.3 is 0 Å². The first-order valence-corrected chi connectivity index (χ1v) is 7.08. The van der Waals surface area contributed by atoms with Crippen LogP contribution < -0.4 is 0 Å². The molecule has 0 saturated heterocycles. The molecule has 5 nitrogen and oxygen atoms in total. The van der Waals surface area contributed by atoms with Crippen LogP contribution in [0.3, 0.4) is 0 Å². The lowest BCUT2D eigenvalue weighted by Gasteiger charge is -2.03. The molecule has 0 spiro atoms. The minimum atomic E-state index is -3.46. The maximum Gasteiger partial charge on any atom is 0.264 e. The Morgan fingerprint density at radius 2 is 1.89 bits per heavy atom. The van der Waals surface area contributed by atoms with Gasteiger partial charge in [-0.1, -0.05) is 30.3 Å². The van der Waals surface area contributed by atoms with Crippen molar-refractivity contribution >= 4 is 10.1 Å². The number of nitrogens with zero attached hydrogens (tertiary/aromatic N) is 2. The average Bonchev–Trinajstić information content (AvgIpc) is 2.37. The average molecular weight is 264 g/mol. The van der Waals surface area contributed by atoms with Crippen LogP contribution in [0.1, 0.15) is 5.69 Å². The van der Waals surface area contributed by atoms with Crippen LogP contribution in [0.5, 0.6) is 0 Å². The van der Waals surface area contributed by atoms with E-state index in [4.69, 9.17) is 0 Å². The van der Waals surface area contributed by atoms with E-state index >= 15 is 0 Å². The molecule has 0 fully saturated rings. The molecule has 0 aliphatic rings. The molecular formula is C12H12N2O3S. The van der Waals surface area contributed by atoms with Crippen molar-refractivity contribution in [3.05, 3.63) is 48.3 Å². The molecule has 0 saturated carbocycles. The molecule has 0 N–H and O–H groups in total. The third-order valence-electron chi connectivity index (χ3n) is 2.17. The summed E-state index contributed by atoms with van der Waals surface area (Å²) in [4.78, 5) is 8.38. The summed E-state index contributed by atoms with van der Waals surface area (Å²) in [6.07, 6.45) is 2.59. The van der Waals surface area contributed by atoms with E-state index in [1.54, 1.807) is 12.3 Å². The highest BCUT2D eigenvalue weighted by atomic mass is 32.2. The van der Waals surface area contributed by atoms with Crippen molar-refractivity contribution in [1.29, 1.82) is 0 Å². The summed E-state index contributed by atoms with van der Waals surface area (Å²) in [5.74, 6) is 0.546. The molecule has 1 aromatic heterocycles. The standard InChI is InChI=1S/C12H12N2O3S/c1-18(15,16)17-9-11-7-8-13-12(14-11)10-5-3-2-4-6-10/h2-8H,9H2,1H3. The Morgan fingerprint density at radius 1 is 1.17 bits per heavy atom. The molecular weight excluding hydrogens is 252 g/mol. The van der Waals surface area contributed by atoms with E-state index in [1.165, 1.54) is 0 Å². The predicted molar refractivity (Wildman–Crippen MR) is 67.1 cm³/mol. The Bertz CT molecular complexity index is 627. The summed E-state index contributed by atoms with van der Waals surface area (Å²) in [5.41, 5.74) is 1.40. The molecule has 18 heavy (non-hydrogen) atoms. The summed E-state index contributed by atoms with van der Waals surface area (Å²) in [7, 11) is -3.46. The van der Waals surface area contributed by atoms with Crippen molar-refractivity contribution < 1.29 is 12.6 Å². The van der Waals surface area contributed by atoms with Gasteiger partial charge in [-0.05, 0) is 6.07 Å². The number of rotatable bonds is 4. The predicted octanol–water partition coefficient (Wildman–Crippen LogP) is 1.62. The lowest BCUT2D eigenvalue weighted by molar-refractivity contribution is 0.307. The second-order valence-corrected chi connectivity index (χ2v) is 5.35. The van der Waals surface area contributed by atoms with Crippen molar-refractivity contribution in [3.8, 4) is 11.4 Å². The first-order chi connectivity index (χ1) is 8.54. The Morgan fingerprint density at radius 3 is 2.56 bits per heavy atom. The third kappa shape index (κ3) is 3.61. The zero-order chi connectivity index (χ0) is 13.0. The quantitative estimate of drug-likeness (QED) is 0.785. The molecule has 0 radical (unpaired) electrons. The van der Waals surface area contributed by atoms with Gasteiger partial charge in [0, 0.05) is 11.8 Å². The van der Waals surface area contributed by atoms with Crippen molar-refractivity contribution in [2.45, 2.75) is 6.61 Å². The Hall–Kier alpha value is -1.79. The first-order valence-electron chi connectivity index (χ1n) is 5.26. The van der Waals surface area contributed by atoms with E-state index in [1.807, 2.05) is 30.3 Å². The molecule has 0 aliphatic heterocycles. The normalized spacial score (nSPS) is 11.4. The van der Waals surface area contributed by atoms with E-state index in [0.717, 1.165) is 11.8 Å². The Balaban J connectivity index is 2.21. The molecule has 94 valence electrons. The second-order valence-electron chi connectivity index (χ2n) is 3.70. The van der Waals surface area contributed by atoms with E-state index in [-0.39, 0.29) is 6.61 Å². The van der Waals surface area contributed by atoms with Crippen LogP contribution in [0, 0.1) is 0 Å². The molecule has 0 unspecified atom stereocenters. The van der Waals surface area contributed by atoms with Crippen LogP contribution in [0.15, 0.2) is 42.6 Å². The number of benzene rings is 1. The van der Waals surface area contributed by atoms with Gasteiger partial charge < -0.3 is 0 Å². The van der Waals surface area contributed by atoms with Gasteiger partial charge in [0.25, 0.3) is 10.1 Å². The zero-order valence-corrected chi connectivity index (χ0v) is 10.6. The third-order valence-corrected chi connectivity index (χ3v) is 2.71. The Labute approximate surface area is 106 Å². The lowest BCUT2D eigenvalue weighted by Crippen LogP contribution is -2.04. The molecule has 0 amide bonds. The van der Waals surface area contributed by atoms with E-state index in [9.17, 15) is 8.42 Å². The SMILES string of the molecule is CS(=O)(=O)OCc1ccnc(-c2ccccc2)n1. The highest BCUT2D eigenvalue weighted by Crippen LogP contribution is 2.14. The summed E-state index contributed by atoms with van der Waals surface area (Å²) in [6.45, 7) is -0.0822. The molecule has 6 heteroatoms. The molecule has 2 aromatic rings. The van der Waals surface area contributed by atoms with Gasteiger partial charge in [-0.25, -0.2) is 9.97 Å².